The molecule has 35 heavy (non-hydrogen) atoms. The van der Waals surface area contributed by atoms with Gasteiger partial charge in [-0.2, -0.15) is 0 Å². The van der Waals surface area contributed by atoms with E-state index in [1.165, 1.54) is 11.8 Å². The number of hydrogen-bond donors (Lipinski definition) is 2. The van der Waals surface area contributed by atoms with Crippen molar-refractivity contribution in [3.8, 4) is 0 Å². The summed E-state index contributed by atoms with van der Waals surface area (Å²) in [6.07, 6.45) is 3.79. The van der Waals surface area contributed by atoms with Gasteiger partial charge in [-0.1, -0.05) is 25.5 Å². The summed E-state index contributed by atoms with van der Waals surface area (Å²) in [5.74, 6) is -0.0878. The van der Waals surface area contributed by atoms with Crippen LogP contribution in [0.2, 0.25) is 0 Å². The zero-order valence-corrected chi connectivity index (χ0v) is 22.5. The van der Waals surface area contributed by atoms with Gasteiger partial charge in [0.25, 0.3) is 5.91 Å². The summed E-state index contributed by atoms with van der Waals surface area (Å²) < 4.78 is 4.55. The van der Waals surface area contributed by atoms with Crippen LogP contribution in [0.1, 0.15) is 70.7 Å². The third-order valence-corrected chi connectivity index (χ3v) is 7.46. The minimum Gasteiger partial charge on any atom is -0.465 e. The van der Waals surface area contributed by atoms with Crippen molar-refractivity contribution >= 4 is 35.0 Å². The molecule has 1 atom stereocenters. The Hall–Kier alpha value is -2.67. The lowest BCUT2D eigenvalue weighted by atomic mass is 9.96. The van der Waals surface area contributed by atoms with Crippen LogP contribution >= 0.6 is 11.8 Å². The van der Waals surface area contributed by atoms with E-state index in [0.29, 0.717) is 6.61 Å². The second-order valence-electron chi connectivity index (χ2n) is 9.64. The van der Waals surface area contributed by atoms with Crippen molar-refractivity contribution in [2.24, 2.45) is 0 Å². The summed E-state index contributed by atoms with van der Waals surface area (Å²) in [7, 11) is 0. The molecule has 0 bridgehead atoms. The zero-order chi connectivity index (χ0) is 25.5. The molecule has 1 unspecified atom stereocenters. The number of benzene rings is 2. The van der Waals surface area contributed by atoms with Gasteiger partial charge < -0.3 is 20.3 Å². The molecule has 2 N–H and O–H groups in total. The maximum Gasteiger partial charge on any atom is 0.321 e. The maximum atomic E-state index is 13.2. The fourth-order valence-electron chi connectivity index (χ4n) is 4.45. The Labute approximate surface area is 214 Å². The number of nitrogens with zero attached hydrogens (tertiary/aromatic N) is 1. The number of rotatable bonds is 12. The van der Waals surface area contributed by atoms with Crippen molar-refractivity contribution in [3.05, 3.63) is 54.1 Å². The number of esters is 1. The van der Waals surface area contributed by atoms with Crippen LogP contribution in [0.5, 0.6) is 0 Å². The number of amides is 1. The molecule has 1 heterocycles. The van der Waals surface area contributed by atoms with Gasteiger partial charge in [-0.15, -0.1) is 11.8 Å². The summed E-state index contributed by atoms with van der Waals surface area (Å²) in [4.78, 5) is 28.4. The fourth-order valence-corrected chi connectivity index (χ4v) is 5.45. The molecule has 0 saturated carbocycles. The first-order valence-corrected chi connectivity index (χ1v) is 13.4. The lowest BCUT2D eigenvalue weighted by Gasteiger charge is -2.46. The van der Waals surface area contributed by atoms with E-state index in [-0.39, 0.29) is 17.5 Å². The van der Waals surface area contributed by atoms with Crippen LogP contribution in [0.3, 0.4) is 0 Å². The molecule has 190 valence electrons. The Morgan fingerprint density at radius 1 is 1.11 bits per heavy atom. The molecular weight excluding hydrogens is 458 g/mol. The molecule has 3 rings (SSSR count). The smallest absolute Gasteiger partial charge is 0.321 e. The molecule has 0 spiro atoms. The number of unbranched alkanes of at least 4 members (excludes halogenated alkanes) is 1. The third kappa shape index (κ3) is 6.72. The molecular formula is C28H39N3O3S. The number of nitrogens with one attached hydrogen (secondary N) is 2. The summed E-state index contributed by atoms with van der Waals surface area (Å²) in [5, 5.41) is 7.08. The van der Waals surface area contributed by atoms with Crippen LogP contribution in [0.15, 0.2) is 53.4 Å². The molecule has 1 aliphatic heterocycles. The van der Waals surface area contributed by atoms with Crippen molar-refractivity contribution in [1.82, 2.24) is 4.90 Å². The highest BCUT2D eigenvalue weighted by molar-refractivity contribution is 8.01. The quantitative estimate of drug-likeness (QED) is 0.201. The molecule has 0 fully saturated rings. The van der Waals surface area contributed by atoms with Gasteiger partial charge in [0.15, 0.2) is 0 Å². The number of fused-ring (bicyclic) bond motifs is 1. The zero-order valence-electron chi connectivity index (χ0n) is 21.6. The molecule has 6 nitrogen and oxygen atoms in total. The van der Waals surface area contributed by atoms with Gasteiger partial charge in [-0.25, -0.2) is 0 Å². The summed E-state index contributed by atoms with van der Waals surface area (Å²) in [5.41, 5.74) is 2.36. The van der Waals surface area contributed by atoms with Gasteiger partial charge in [0.1, 0.15) is 10.4 Å². The van der Waals surface area contributed by atoms with Crippen LogP contribution in [0.25, 0.3) is 0 Å². The highest BCUT2D eigenvalue weighted by Crippen LogP contribution is 2.35. The Morgan fingerprint density at radius 3 is 2.51 bits per heavy atom. The number of anilines is 2. The van der Waals surface area contributed by atoms with Crippen LogP contribution in [0, 0.1) is 0 Å². The number of carbonyl (C=O) groups excluding carboxylic acids is 2. The van der Waals surface area contributed by atoms with Crippen LogP contribution in [0.4, 0.5) is 11.4 Å². The van der Waals surface area contributed by atoms with E-state index < -0.39 is 4.75 Å². The molecule has 1 amide bonds. The van der Waals surface area contributed by atoms with Gasteiger partial charge in [-0.3, -0.25) is 9.59 Å². The second kappa shape index (κ2) is 11.8. The number of para-hydroxylation sites is 1. The van der Waals surface area contributed by atoms with Gasteiger partial charge in [-0.05, 0) is 83.4 Å². The van der Waals surface area contributed by atoms with Gasteiger partial charge >= 0.3 is 5.97 Å². The van der Waals surface area contributed by atoms with E-state index in [0.717, 1.165) is 60.6 Å². The van der Waals surface area contributed by atoms with E-state index in [9.17, 15) is 9.59 Å². The molecule has 0 saturated heterocycles. The molecule has 0 aliphatic carbocycles. The summed E-state index contributed by atoms with van der Waals surface area (Å²) in [6, 6.07) is 15.9. The Morgan fingerprint density at radius 2 is 1.83 bits per heavy atom. The predicted octanol–water partition coefficient (Wildman–Crippen LogP) is 6.40. The fraction of sp³-hybridized carbons (Fsp3) is 0.500. The standard InChI is InChI=1S/C28H39N3O3S/c1-6-18-28(5)30-24-13-9-8-12-23(24)25(32)31(28)20-11-10-19-29-21-14-16-22(17-15-21)35-27(3,4)26(33)34-7-2/h8-9,12-17,29-30H,6-7,10-11,18-20H2,1-5H3. The van der Waals surface area contributed by atoms with Crippen LogP contribution in [-0.4, -0.2) is 46.9 Å². The predicted molar refractivity (Wildman–Crippen MR) is 145 cm³/mol. The lowest BCUT2D eigenvalue weighted by Crippen LogP contribution is -2.58. The number of thioether (sulfide) groups is 1. The van der Waals surface area contributed by atoms with Crippen molar-refractivity contribution in [3.63, 3.8) is 0 Å². The van der Waals surface area contributed by atoms with Gasteiger partial charge in [0.05, 0.1) is 12.2 Å². The van der Waals surface area contributed by atoms with Crippen molar-refractivity contribution < 1.29 is 14.3 Å². The molecule has 0 radical (unpaired) electrons. The van der Waals surface area contributed by atoms with E-state index in [1.807, 2.05) is 74.2 Å². The van der Waals surface area contributed by atoms with Gasteiger partial charge in [0.2, 0.25) is 0 Å². The van der Waals surface area contributed by atoms with E-state index in [4.69, 9.17) is 4.74 Å². The molecule has 2 aromatic rings. The minimum atomic E-state index is -0.626. The topological polar surface area (TPSA) is 70.7 Å². The minimum absolute atomic E-state index is 0.113. The summed E-state index contributed by atoms with van der Waals surface area (Å²) in [6.45, 7) is 11.8. The van der Waals surface area contributed by atoms with Crippen molar-refractivity contribution in [2.75, 3.05) is 30.3 Å². The third-order valence-electron chi connectivity index (χ3n) is 6.27. The lowest BCUT2D eigenvalue weighted by molar-refractivity contribution is -0.145. The van der Waals surface area contributed by atoms with Crippen molar-refractivity contribution in [1.29, 1.82) is 0 Å². The largest absolute Gasteiger partial charge is 0.465 e. The van der Waals surface area contributed by atoms with Crippen LogP contribution in [-0.2, 0) is 9.53 Å². The molecule has 1 aliphatic rings. The van der Waals surface area contributed by atoms with E-state index >= 15 is 0 Å². The van der Waals surface area contributed by atoms with Gasteiger partial charge in [0, 0.05) is 29.4 Å². The normalized spacial score (nSPS) is 17.5. The number of carbonyl (C=O) groups is 2. The highest BCUT2D eigenvalue weighted by Gasteiger charge is 2.39. The Balaban J connectivity index is 1.49. The van der Waals surface area contributed by atoms with Crippen LogP contribution < -0.4 is 10.6 Å². The highest BCUT2D eigenvalue weighted by atomic mass is 32.2. The Kier molecular flexibility index (Phi) is 9.11. The number of hydrogen-bond acceptors (Lipinski definition) is 6. The van der Waals surface area contributed by atoms with E-state index in [1.54, 1.807) is 0 Å². The van der Waals surface area contributed by atoms with Crippen molar-refractivity contribution in [2.45, 2.75) is 75.6 Å². The monoisotopic (exact) mass is 497 g/mol. The van der Waals surface area contributed by atoms with E-state index in [2.05, 4.69) is 24.5 Å². The summed E-state index contributed by atoms with van der Waals surface area (Å²) >= 11 is 1.50. The molecule has 7 heteroatoms. The first-order chi connectivity index (χ1) is 16.7. The average molecular weight is 498 g/mol. The maximum absolute atomic E-state index is 13.2. The second-order valence-corrected chi connectivity index (χ2v) is 11.3. The molecule has 2 aromatic carbocycles. The average Bonchev–Trinajstić information content (AvgIpc) is 2.82. The first-order valence-electron chi connectivity index (χ1n) is 12.6. The molecule has 0 aromatic heterocycles. The first kappa shape index (κ1) is 26.9. The SMILES string of the molecule is CCCC1(C)Nc2ccccc2C(=O)N1CCCCNc1ccc(SC(C)(C)C(=O)OCC)cc1. The Bertz CT molecular complexity index is 1010. The number of ether oxygens (including phenoxy) is 1.